The molecule has 1 fully saturated rings. The summed E-state index contributed by atoms with van der Waals surface area (Å²) in [5.41, 5.74) is -0.843. The second-order valence-electron chi connectivity index (χ2n) is 6.27. The maximum Gasteiger partial charge on any atom is 0.416 e. The molecule has 0 atom stereocenters. The van der Waals surface area contributed by atoms with Gasteiger partial charge in [-0.1, -0.05) is 26.0 Å². The zero-order valence-electron chi connectivity index (χ0n) is 11.2. The van der Waals surface area contributed by atoms with Gasteiger partial charge in [-0.15, -0.1) is 0 Å². The first kappa shape index (κ1) is 14.4. The maximum atomic E-state index is 12.5. The summed E-state index contributed by atoms with van der Waals surface area (Å²) in [4.78, 5) is 0. The SMILES string of the molecule is CC1(C)CCC(O)(c2ccc(C(F)(F)F)cc2)CC1. The Morgan fingerprint density at radius 3 is 1.84 bits per heavy atom. The average molecular weight is 272 g/mol. The van der Waals surface area contributed by atoms with Crippen molar-refractivity contribution >= 4 is 0 Å². The van der Waals surface area contributed by atoms with E-state index in [9.17, 15) is 18.3 Å². The quantitative estimate of drug-likeness (QED) is 0.798. The van der Waals surface area contributed by atoms with Gasteiger partial charge >= 0.3 is 6.18 Å². The van der Waals surface area contributed by atoms with Crippen molar-refractivity contribution in [3.05, 3.63) is 35.4 Å². The van der Waals surface area contributed by atoms with Crippen LogP contribution in [0.15, 0.2) is 24.3 Å². The van der Waals surface area contributed by atoms with Crippen LogP contribution in [0.25, 0.3) is 0 Å². The van der Waals surface area contributed by atoms with Gasteiger partial charge in [0.05, 0.1) is 11.2 Å². The van der Waals surface area contributed by atoms with E-state index in [1.54, 1.807) is 0 Å². The van der Waals surface area contributed by atoms with Crippen molar-refractivity contribution in [3.63, 3.8) is 0 Å². The van der Waals surface area contributed by atoms with Gasteiger partial charge < -0.3 is 5.11 Å². The number of alkyl halides is 3. The summed E-state index contributed by atoms with van der Waals surface area (Å²) >= 11 is 0. The molecule has 0 heterocycles. The van der Waals surface area contributed by atoms with Gasteiger partial charge in [-0.05, 0) is 48.8 Å². The third-order valence-corrected chi connectivity index (χ3v) is 4.18. The molecule has 1 aliphatic rings. The minimum atomic E-state index is -4.32. The zero-order valence-corrected chi connectivity index (χ0v) is 11.2. The van der Waals surface area contributed by atoms with Gasteiger partial charge in [0.2, 0.25) is 0 Å². The van der Waals surface area contributed by atoms with Gasteiger partial charge in [0, 0.05) is 0 Å². The van der Waals surface area contributed by atoms with Crippen LogP contribution in [-0.2, 0) is 11.8 Å². The molecule has 0 aromatic heterocycles. The van der Waals surface area contributed by atoms with E-state index in [0.29, 0.717) is 18.4 Å². The molecule has 0 aliphatic heterocycles. The normalized spacial score (nSPS) is 22.2. The maximum absolute atomic E-state index is 12.5. The lowest BCUT2D eigenvalue weighted by Crippen LogP contribution is -2.34. The second-order valence-corrected chi connectivity index (χ2v) is 6.27. The van der Waals surface area contributed by atoms with Gasteiger partial charge in [0.15, 0.2) is 0 Å². The van der Waals surface area contributed by atoms with E-state index in [-0.39, 0.29) is 5.41 Å². The van der Waals surface area contributed by atoms with E-state index in [1.165, 1.54) is 12.1 Å². The average Bonchev–Trinajstić information content (AvgIpc) is 2.33. The van der Waals surface area contributed by atoms with E-state index >= 15 is 0 Å². The Kier molecular flexibility index (Phi) is 3.42. The van der Waals surface area contributed by atoms with Crippen LogP contribution in [0.3, 0.4) is 0 Å². The molecule has 1 saturated carbocycles. The van der Waals surface area contributed by atoms with Crippen LogP contribution < -0.4 is 0 Å². The third-order valence-electron chi connectivity index (χ3n) is 4.18. The summed E-state index contributed by atoms with van der Waals surface area (Å²) in [6.07, 6.45) is -1.36. The first-order valence-electron chi connectivity index (χ1n) is 6.53. The number of halogens is 3. The lowest BCUT2D eigenvalue weighted by Gasteiger charge is -2.40. The van der Waals surface area contributed by atoms with Crippen LogP contribution in [0, 0.1) is 5.41 Å². The number of benzene rings is 1. The summed E-state index contributed by atoms with van der Waals surface area (Å²) in [5.74, 6) is 0. The van der Waals surface area contributed by atoms with Crippen LogP contribution in [-0.4, -0.2) is 5.11 Å². The Morgan fingerprint density at radius 1 is 0.947 bits per heavy atom. The summed E-state index contributed by atoms with van der Waals surface area (Å²) in [7, 11) is 0. The molecule has 0 saturated heterocycles. The van der Waals surface area contributed by atoms with Crippen LogP contribution in [0.4, 0.5) is 13.2 Å². The van der Waals surface area contributed by atoms with Gasteiger partial charge in [-0.3, -0.25) is 0 Å². The molecule has 1 aromatic carbocycles. The highest BCUT2D eigenvalue weighted by atomic mass is 19.4. The fourth-order valence-electron chi connectivity index (χ4n) is 2.60. The number of hydrogen-bond donors (Lipinski definition) is 1. The van der Waals surface area contributed by atoms with Crippen molar-refractivity contribution in [2.45, 2.75) is 51.3 Å². The second kappa shape index (κ2) is 4.51. The molecule has 0 spiro atoms. The molecule has 1 nitrogen and oxygen atoms in total. The largest absolute Gasteiger partial charge is 0.416 e. The fraction of sp³-hybridized carbons (Fsp3) is 0.600. The lowest BCUT2D eigenvalue weighted by molar-refractivity contribution is -0.137. The first-order chi connectivity index (χ1) is 8.62. The third kappa shape index (κ3) is 3.11. The van der Waals surface area contributed by atoms with Crippen LogP contribution in [0.1, 0.15) is 50.7 Å². The predicted molar refractivity (Wildman–Crippen MR) is 67.6 cm³/mol. The molecule has 2 rings (SSSR count). The Labute approximate surface area is 111 Å². The van der Waals surface area contributed by atoms with Crippen molar-refractivity contribution in [2.24, 2.45) is 5.41 Å². The van der Waals surface area contributed by atoms with Gasteiger partial charge in [-0.2, -0.15) is 13.2 Å². The molecular formula is C15H19F3O. The smallest absolute Gasteiger partial charge is 0.385 e. The summed E-state index contributed by atoms with van der Waals surface area (Å²) in [5, 5.41) is 10.6. The Hall–Kier alpha value is -1.03. The molecule has 0 unspecified atom stereocenters. The van der Waals surface area contributed by atoms with Crippen LogP contribution in [0.5, 0.6) is 0 Å². The van der Waals surface area contributed by atoms with Gasteiger partial charge in [0.25, 0.3) is 0 Å². The summed E-state index contributed by atoms with van der Waals surface area (Å²) in [6, 6.07) is 4.91. The van der Waals surface area contributed by atoms with E-state index in [1.807, 2.05) is 0 Å². The monoisotopic (exact) mass is 272 g/mol. The molecule has 0 bridgehead atoms. The van der Waals surface area contributed by atoms with Crippen molar-refractivity contribution in [2.75, 3.05) is 0 Å². The molecule has 0 radical (unpaired) electrons. The number of rotatable bonds is 1. The lowest BCUT2D eigenvalue weighted by atomic mass is 9.69. The molecular weight excluding hydrogens is 253 g/mol. The highest BCUT2D eigenvalue weighted by molar-refractivity contribution is 5.29. The molecule has 106 valence electrons. The van der Waals surface area contributed by atoms with E-state index in [4.69, 9.17) is 0 Å². The van der Waals surface area contributed by atoms with Crippen molar-refractivity contribution in [1.29, 1.82) is 0 Å². The Balaban J connectivity index is 2.19. The molecule has 1 aliphatic carbocycles. The van der Waals surface area contributed by atoms with Crippen molar-refractivity contribution in [1.82, 2.24) is 0 Å². The van der Waals surface area contributed by atoms with E-state index in [2.05, 4.69) is 13.8 Å². The topological polar surface area (TPSA) is 20.2 Å². The first-order valence-corrected chi connectivity index (χ1v) is 6.53. The van der Waals surface area contributed by atoms with Crippen molar-refractivity contribution < 1.29 is 18.3 Å². The molecule has 4 heteroatoms. The highest BCUT2D eigenvalue weighted by Crippen LogP contribution is 2.45. The fourth-order valence-corrected chi connectivity index (χ4v) is 2.60. The van der Waals surface area contributed by atoms with E-state index < -0.39 is 17.3 Å². The predicted octanol–water partition coefficient (Wildman–Crippen LogP) is 4.49. The minimum Gasteiger partial charge on any atom is -0.385 e. The number of aliphatic hydroxyl groups is 1. The highest BCUT2D eigenvalue weighted by Gasteiger charge is 2.38. The van der Waals surface area contributed by atoms with Crippen molar-refractivity contribution in [3.8, 4) is 0 Å². The molecule has 19 heavy (non-hydrogen) atoms. The zero-order chi connectivity index (χ0) is 14.3. The van der Waals surface area contributed by atoms with Crippen LogP contribution in [0.2, 0.25) is 0 Å². The Morgan fingerprint density at radius 2 is 1.42 bits per heavy atom. The minimum absolute atomic E-state index is 0.206. The summed E-state index contributed by atoms with van der Waals surface area (Å²) in [6.45, 7) is 4.30. The van der Waals surface area contributed by atoms with E-state index in [0.717, 1.165) is 25.0 Å². The molecule has 1 N–H and O–H groups in total. The molecule has 0 amide bonds. The summed E-state index contributed by atoms with van der Waals surface area (Å²) < 4.78 is 37.5. The molecule has 1 aromatic rings. The van der Waals surface area contributed by atoms with Gasteiger partial charge in [0.1, 0.15) is 0 Å². The Bertz CT molecular complexity index is 435. The van der Waals surface area contributed by atoms with Crippen LogP contribution >= 0.6 is 0 Å². The standard InChI is InChI=1S/C15H19F3O/c1-13(2)7-9-14(19,10-8-13)11-3-5-12(6-4-11)15(16,17)18/h3-6,19H,7-10H2,1-2H3. The number of hydrogen-bond acceptors (Lipinski definition) is 1. The van der Waals surface area contributed by atoms with Gasteiger partial charge in [-0.25, -0.2) is 0 Å².